The minimum absolute atomic E-state index is 0.606. The van der Waals surface area contributed by atoms with Crippen molar-refractivity contribution in [2.45, 2.75) is 51.1 Å². The first-order valence-electron chi connectivity index (χ1n) is 7.35. The van der Waals surface area contributed by atoms with Gasteiger partial charge in [-0.05, 0) is 45.7 Å². The Bertz CT molecular complexity index is 377. The van der Waals surface area contributed by atoms with E-state index in [0.29, 0.717) is 12.1 Å². The predicted molar refractivity (Wildman–Crippen MR) is 73.9 cm³/mol. The molecular formula is C14H24N4. The molecule has 1 saturated heterocycles. The summed E-state index contributed by atoms with van der Waals surface area (Å²) in [7, 11) is 0. The van der Waals surface area contributed by atoms with Crippen LogP contribution in [0, 0.1) is 0 Å². The number of hydrogen-bond acceptors (Lipinski definition) is 3. The predicted octanol–water partition coefficient (Wildman–Crippen LogP) is 2.50. The van der Waals surface area contributed by atoms with E-state index in [-0.39, 0.29) is 0 Å². The molecule has 100 valence electrons. The Morgan fingerprint density at radius 2 is 2.11 bits per heavy atom. The second-order valence-electron chi connectivity index (χ2n) is 5.72. The molecule has 2 heterocycles. The van der Waals surface area contributed by atoms with Crippen molar-refractivity contribution < 1.29 is 0 Å². The van der Waals surface area contributed by atoms with Gasteiger partial charge in [-0.1, -0.05) is 6.42 Å². The van der Waals surface area contributed by atoms with Crippen LogP contribution in [-0.4, -0.2) is 40.1 Å². The first kappa shape index (κ1) is 12.0. The van der Waals surface area contributed by atoms with Crippen molar-refractivity contribution in [2.24, 2.45) is 0 Å². The molecule has 1 saturated carbocycles. The number of likely N-dealkylation sites (tertiary alicyclic amines) is 1. The van der Waals surface area contributed by atoms with Gasteiger partial charge in [-0.25, -0.2) is 4.98 Å². The van der Waals surface area contributed by atoms with Crippen molar-refractivity contribution in [3.05, 3.63) is 12.4 Å². The molecule has 1 aromatic rings. The Labute approximate surface area is 109 Å². The smallest absolute Gasteiger partial charge is 0.203 e. The van der Waals surface area contributed by atoms with Crippen LogP contribution >= 0.6 is 0 Å². The van der Waals surface area contributed by atoms with Crippen LogP contribution in [0.25, 0.3) is 0 Å². The fourth-order valence-corrected chi connectivity index (χ4v) is 2.82. The van der Waals surface area contributed by atoms with Crippen LogP contribution in [0.15, 0.2) is 12.4 Å². The van der Waals surface area contributed by atoms with Crippen LogP contribution in [0.4, 0.5) is 5.95 Å². The van der Waals surface area contributed by atoms with E-state index < -0.39 is 0 Å². The van der Waals surface area contributed by atoms with Gasteiger partial charge >= 0.3 is 0 Å². The van der Waals surface area contributed by atoms with Gasteiger partial charge in [0.05, 0.1) is 0 Å². The molecule has 0 radical (unpaired) electrons. The van der Waals surface area contributed by atoms with Gasteiger partial charge in [0.15, 0.2) is 0 Å². The van der Waals surface area contributed by atoms with Crippen LogP contribution in [-0.2, 0) is 0 Å². The lowest BCUT2D eigenvalue weighted by atomic mass is 10.1. The van der Waals surface area contributed by atoms with Gasteiger partial charge in [0, 0.05) is 31.0 Å². The quantitative estimate of drug-likeness (QED) is 0.869. The molecule has 1 aliphatic carbocycles. The van der Waals surface area contributed by atoms with Crippen LogP contribution in [0.2, 0.25) is 0 Å². The van der Waals surface area contributed by atoms with Gasteiger partial charge < -0.3 is 9.88 Å². The number of imidazole rings is 1. The number of piperidine rings is 1. The van der Waals surface area contributed by atoms with Crippen molar-refractivity contribution in [3.8, 4) is 0 Å². The van der Waals surface area contributed by atoms with Crippen molar-refractivity contribution in [3.63, 3.8) is 0 Å². The maximum Gasteiger partial charge on any atom is 0.203 e. The molecule has 0 amide bonds. The summed E-state index contributed by atoms with van der Waals surface area (Å²) in [6.07, 6.45) is 10.8. The second-order valence-corrected chi connectivity index (χ2v) is 5.72. The van der Waals surface area contributed by atoms with Gasteiger partial charge in [0.2, 0.25) is 5.95 Å². The Kier molecular flexibility index (Phi) is 3.55. The Morgan fingerprint density at radius 3 is 2.83 bits per heavy atom. The number of rotatable bonds is 5. The summed E-state index contributed by atoms with van der Waals surface area (Å²) in [5, 5.41) is 3.52. The van der Waals surface area contributed by atoms with E-state index in [2.05, 4.69) is 32.9 Å². The zero-order chi connectivity index (χ0) is 12.4. The van der Waals surface area contributed by atoms with E-state index in [1.165, 1.54) is 45.2 Å². The van der Waals surface area contributed by atoms with Crippen LogP contribution in [0.3, 0.4) is 0 Å². The highest BCUT2D eigenvalue weighted by Gasteiger charge is 2.25. The summed E-state index contributed by atoms with van der Waals surface area (Å²) >= 11 is 0. The third-order valence-electron chi connectivity index (χ3n) is 4.18. The first-order chi connectivity index (χ1) is 8.84. The van der Waals surface area contributed by atoms with E-state index in [4.69, 9.17) is 0 Å². The molecule has 3 rings (SSSR count). The molecule has 2 aliphatic rings. The lowest BCUT2D eigenvalue weighted by molar-refractivity contribution is 0.180. The summed E-state index contributed by atoms with van der Waals surface area (Å²) < 4.78 is 2.29. The highest BCUT2D eigenvalue weighted by molar-refractivity contribution is 5.28. The lowest BCUT2D eigenvalue weighted by Gasteiger charge is -2.32. The van der Waals surface area contributed by atoms with Crippen molar-refractivity contribution in [1.29, 1.82) is 0 Å². The summed E-state index contributed by atoms with van der Waals surface area (Å²) in [6.45, 7) is 5.85. The lowest BCUT2D eigenvalue weighted by Crippen LogP contribution is -2.41. The maximum atomic E-state index is 4.43. The van der Waals surface area contributed by atoms with Crippen LogP contribution in [0.5, 0.6) is 0 Å². The standard InChI is InChI=1S/C14H24N4/c1-12(17-8-3-2-4-9-17)11-16-14-15-7-10-18(14)13-5-6-13/h7,10,12-13H,2-6,8-9,11H2,1H3,(H,15,16). The second kappa shape index (κ2) is 5.31. The van der Waals surface area contributed by atoms with Gasteiger partial charge in [-0.2, -0.15) is 0 Å². The number of nitrogens with one attached hydrogen (secondary N) is 1. The summed E-state index contributed by atoms with van der Waals surface area (Å²) in [6, 6.07) is 1.31. The molecule has 0 aromatic carbocycles. The van der Waals surface area contributed by atoms with Gasteiger partial charge in [-0.3, -0.25) is 4.90 Å². The Hall–Kier alpha value is -1.03. The fourth-order valence-electron chi connectivity index (χ4n) is 2.82. The topological polar surface area (TPSA) is 33.1 Å². The summed E-state index contributed by atoms with van der Waals surface area (Å²) in [5.41, 5.74) is 0. The zero-order valence-electron chi connectivity index (χ0n) is 11.3. The Balaban J connectivity index is 1.51. The highest BCUT2D eigenvalue weighted by atomic mass is 15.2. The van der Waals surface area contributed by atoms with Crippen LogP contribution in [0.1, 0.15) is 45.1 Å². The molecule has 1 unspecified atom stereocenters. The first-order valence-corrected chi connectivity index (χ1v) is 7.35. The van der Waals surface area contributed by atoms with E-state index >= 15 is 0 Å². The molecule has 1 atom stereocenters. The van der Waals surface area contributed by atoms with Crippen molar-refractivity contribution in [2.75, 3.05) is 25.0 Å². The van der Waals surface area contributed by atoms with Gasteiger partial charge in [0.25, 0.3) is 0 Å². The maximum absolute atomic E-state index is 4.43. The number of aromatic nitrogens is 2. The van der Waals surface area contributed by atoms with Crippen LogP contribution < -0.4 is 5.32 Å². The minimum Gasteiger partial charge on any atom is -0.354 e. The van der Waals surface area contributed by atoms with E-state index in [9.17, 15) is 0 Å². The average molecular weight is 248 g/mol. The van der Waals surface area contributed by atoms with E-state index in [1.807, 2.05) is 6.20 Å². The molecule has 0 spiro atoms. The fraction of sp³-hybridized carbons (Fsp3) is 0.786. The largest absolute Gasteiger partial charge is 0.354 e. The molecule has 1 aliphatic heterocycles. The molecule has 0 bridgehead atoms. The van der Waals surface area contributed by atoms with Gasteiger partial charge in [0.1, 0.15) is 0 Å². The third-order valence-corrected chi connectivity index (χ3v) is 4.18. The monoisotopic (exact) mass is 248 g/mol. The summed E-state index contributed by atoms with van der Waals surface area (Å²) in [4.78, 5) is 7.03. The normalized spacial score (nSPS) is 22.9. The van der Waals surface area contributed by atoms with E-state index in [1.54, 1.807) is 0 Å². The molecule has 1 aromatic heterocycles. The highest BCUT2D eigenvalue weighted by Crippen LogP contribution is 2.36. The van der Waals surface area contributed by atoms with Gasteiger partial charge in [-0.15, -0.1) is 0 Å². The van der Waals surface area contributed by atoms with Crippen molar-refractivity contribution in [1.82, 2.24) is 14.5 Å². The molecule has 2 fully saturated rings. The molecule has 1 N–H and O–H groups in total. The molecule has 4 heteroatoms. The minimum atomic E-state index is 0.606. The number of nitrogens with zero attached hydrogens (tertiary/aromatic N) is 3. The molecule has 4 nitrogen and oxygen atoms in total. The van der Waals surface area contributed by atoms with Crippen molar-refractivity contribution >= 4 is 5.95 Å². The number of hydrogen-bond donors (Lipinski definition) is 1. The molecular weight excluding hydrogens is 224 g/mol. The van der Waals surface area contributed by atoms with E-state index in [0.717, 1.165) is 12.5 Å². The number of anilines is 1. The third kappa shape index (κ3) is 2.69. The SMILES string of the molecule is CC(CNc1nccn1C1CC1)N1CCCCC1. The summed E-state index contributed by atoms with van der Waals surface area (Å²) in [5.74, 6) is 1.06. The average Bonchev–Trinajstić information content (AvgIpc) is 3.16. The Morgan fingerprint density at radius 1 is 1.33 bits per heavy atom. The zero-order valence-corrected chi connectivity index (χ0v) is 11.3. The molecule has 18 heavy (non-hydrogen) atoms.